The zero-order valence-electron chi connectivity index (χ0n) is 22.9. The number of para-hydroxylation sites is 2. The van der Waals surface area contributed by atoms with E-state index in [4.69, 9.17) is 4.42 Å². The number of rotatable bonds is 5. The molecule has 0 N–H and O–H groups in total. The van der Waals surface area contributed by atoms with Gasteiger partial charge in [0.05, 0.1) is 0 Å². The molecule has 7 aromatic carbocycles. The molecule has 0 bridgehead atoms. The summed E-state index contributed by atoms with van der Waals surface area (Å²) in [5.41, 5.74) is 9.79. The molecule has 0 amide bonds. The van der Waals surface area contributed by atoms with Crippen LogP contribution in [-0.2, 0) is 0 Å². The SMILES string of the molecule is c1ccc(-c2cccc(N(c3ccccc3)c3ccc4ccc5oc6c(-c7ccccc7)cccc6c5c4c3)c2)cc1. The summed E-state index contributed by atoms with van der Waals surface area (Å²) in [4.78, 5) is 2.34. The van der Waals surface area contributed by atoms with Gasteiger partial charge in [-0.15, -0.1) is 0 Å². The molecule has 0 atom stereocenters. The average molecular weight is 538 g/mol. The van der Waals surface area contributed by atoms with E-state index in [0.29, 0.717) is 0 Å². The number of hydrogen-bond acceptors (Lipinski definition) is 2. The highest BCUT2D eigenvalue weighted by Gasteiger charge is 2.18. The smallest absolute Gasteiger partial charge is 0.143 e. The minimum absolute atomic E-state index is 0.898. The van der Waals surface area contributed by atoms with E-state index in [1.807, 2.05) is 6.07 Å². The lowest BCUT2D eigenvalue weighted by Crippen LogP contribution is -2.09. The Balaban J connectivity index is 1.35. The Hall–Kier alpha value is -5.60. The highest BCUT2D eigenvalue weighted by atomic mass is 16.3. The van der Waals surface area contributed by atoms with E-state index in [1.54, 1.807) is 0 Å². The van der Waals surface area contributed by atoms with Gasteiger partial charge in [-0.1, -0.05) is 121 Å². The largest absolute Gasteiger partial charge is 0.455 e. The Morgan fingerprint density at radius 3 is 1.81 bits per heavy atom. The van der Waals surface area contributed by atoms with Crippen LogP contribution in [0.2, 0.25) is 0 Å². The molecular weight excluding hydrogens is 510 g/mol. The third-order valence-corrected chi connectivity index (χ3v) is 8.03. The number of benzene rings is 7. The minimum atomic E-state index is 0.898. The molecule has 2 heteroatoms. The molecule has 198 valence electrons. The zero-order chi connectivity index (χ0) is 27.9. The number of anilines is 3. The lowest BCUT2D eigenvalue weighted by Gasteiger charge is -2.26. The fourth-order valence-electron chi connectivity index (χ4n) is 6.07. The second kappa shape index (κ2) is 10.1. The number of nitrogens with zero attached hydrogens (tertiary/aromatic N) is 1. The zero-order valence-corrected chi connectivity index (χ0v) is 22.9. The fraction of sp³-hybridized carbons (Fsp3) is 0. The standard InChI is InChI=1S/C40H27NO/c1-4-12-28(13-5-1)31-16-10-19-33(26-31)41(32-17-8-3-9-18-32)34-24-22-30-23-25-38-39(37(30)27-34)36-21-11-20-35(40(36)42-38)29-14-6-2-7-15-29/h1-27H. The molecule has 0 unspecified atom stereocenters. The van der Waals surface area contributed by atoms with Crippen molar-refractivity contribution in [2.45, 2.75) is 0 Å². The molecule has 0 saturated carbocycles. The van der Waals surface area contributed by atoms with Gasteiger partial charge in [0.25, 0.3) is 0 Å². The van der Waals surface area contributed by atoms with E-state index in [2.05, 4.69) is 163 Å². The van der Waals surface area contributed by atoms with Gasteiger partial charge in [0.15, 0.2) is 0 Å². The molecular formula is C40H27NO. The van der Waals surface area contributed by atoms with E-state index in [-0.39, 0.29) is 0 Å². The van der Waals surface area contributed by atoms with Crippen molar-refractivity contribution in [3.05, 3.63) is 164 Å². The molecule has 0 aliphatic heterocycles. The Morgan fingerprint density at radius 1 is 0.405 bits per heavy atom. The van der Waals surface area contributed by atoms with E-state index < -0.39 is 0 Å². The van der Waals surface area contributed by atoms with Crippen molar-refractivity contribution in [1.29, 1.82) is 0 Å². The Labute approximate surface area is 244 Å². The monoisotopic (exact) mass is 537 g/mol. The van der Waals surface area contributed by atoms with Gasteiger partial charge in [-0.05, 0) is 69.9 Å². The van der Waals surface area contributed by atoms with Crippen LogP contribution in [0.25, 0.3) is 55.0 Å². The van der Waals surface area contributed by atoms with E-state index in [0.717, 1.165) is 50.1 Å². The molecule has 0 fully saturated rings. The molecule has 0 saturated heterocycles. The van der Waals surface area contributed by atoms with Gasteiger partial charge >= 0.3 is 0 Å². The van der Waals surface area contributed by atoms with E-state index >= 15 is 0 Å². The first-order valence-electron chi connectivity index (χ1n) is 14.3. The molecule has 8 rings (SSSR count). The summed E-state index contributed by atoms with van der Waals surface area (Å²) < 4.78 is 6.57. The normalized spacial score (nSPS) is 11.3. The van der Waals surface area contributed by atoms with Crippen LogP contribution in [0.5, 0.6) is 0 Å². The third kappa shape index (κ3) is 4.13. The van der Waals surface area contributed by atoms with Crippen molar-refractivity contribution in [3.63, 3.8) is 0 Å². The topological polar surface area (TPSA) is 16.4 Å². The van der Waals surface area contributed by atoms with Crippen LogP contribution in [0.4, 0.5) is 17.1 Å². The van der Waals surface area contributed by atoms with Crippen molar-refractivity contribution >= 4 is 49.8 Å². The minimum Gasteiger partial charge on any atom is -0.455 e. The summed E-state index contributed by atoms with van der Waals surface area (Å²) in [6.07, 6.45) is 0. The summed E-state index contributed by atoms with van der Waals surface area (Å²) in [7, 11) is 0. The second-order valence-electron chi connectivity index (χ2n) is 10.6. The molecule has 1 heterocycles. The molecule has 1 aromatic heterocycles. The average Bonchev–Trinajstić information content (AvgIpc) is 3.46. The summed E-state index contributed by atoms with van der Waals surface area (Å²) in [5.74, 6) is 0. The quantitative estimate of drug-likeness (QED) is 0.217. The maximum absolute atomic E-state index is 6.57. The molecule has 42 heavy (non-hydrogen) atoms. The molecule has 0 spiro atoms. The van der Waals surface area contributed by atoms with Crippen LogP contribution < -0.4 is 4.90 Å². The number of hydrogen-bond donors (Lipinski definition) is 0. The van der Waals surface area contributed by atoms with Crippen LogP contribution >= 0.6 is 0 Å². The summed E-state index contributed by atoms with van der Waals surface area (Å²) in [5, 5.41) is 4.64. The van der Waals surface area contributed by atoms with Gasteiger partial charge in [0.2, 0.25) is 0 Å². The summed E-state index contributed by atoms with van der Waals surface area (Å²) in [6.45, 7) is 0. The predicted molar refractivity (Wildman–Crippen MR) is 177 cm³/mol. The van der Waals surface area contributed by atoms with E-state index in [9.17, 15) is 0 Å². The predicted octanol–water partition coefficient (Wildman–Crippen LogP) is 11.5. The first-order chi connectivity index (χ1) is 20.8. The number of furan rings is 1. The first kappa shape index (κ1) is 24.2. The highest BCUT2D eigenvalue weighted by Crippen LogP contribution is 2.42. The van der Waals surface area contributed by atoms with Gasteiger partial charge in [-0.2, -0.15) is 0 Å². The van der Waals surface area contributed by atoms with Crippen LogP contribution in [0.3, 0.4) is 0 Å². The van der Waals surface area contributed by atoms with Gasteiger partial charge in [-0.25, -0.2) is 0 Å². The molecule has 2 nitrogen and oxygen atoms in total. The van der Waals surface area contributed by atoms with Crippen LogP contribution in [0.1, 0.15) is 0 Å². The van der Waals surface area contributed by atoms with Crippen molar-refractivity contribution in [1.82, 2.24) is 0 Å². The maximum atomic E-state index is 6.57. The lowest BCUT2D eigenvalue weighted by molar-refractivity contribution is 0.670. The lowest BCUT2D eigenvalue weighted by atomic mass is 9.99. The first-order valence-corrected chi connectivity index (χ1v) is 14.3. The third-order valence-electron chi connectivity index (χ3n) is 8.03. The molecule has 0 aliphatic rings. The van der Waals surface area contributed by atoms with Gasteiger partial charge in [0, 0.05) is 33.4 Å². The van der Waals surface area contributed by atoms with Crippen molar-refractivity contribution in [2.75, 3.05) is 4.90 Å². The van der Waals surface area contributed by atoms with Gasteiger partial charge in [0.1, 0.15) is 11.2 Å². The molecule has 0 radical (unpaired) electrons. The summed E-state index contributed by atoms with van der Waals surface area (Å²) in [6, 6.07) is 57.8. The Kier molecular flexibility index (Phi) is 5.82. The van der Waals surface area contributed by atoms with Crippen LogP contribution in [0.15, 0.2) is 168 Å². The second-order valence-corrected chi connectivity index (χ2v) is 10.6. The fourth-order valence-corrected chi connectivity index (χ4v) is 6.07. The van der Waals surface area contributed by atoms with Crippen molar-refractivity contribution in [3.8, 4) is 22.3 Å². The van der Waals surface area contributed by atoms with Crippen molar-refractivity contribution < 1.29 is 4.42 Å². The highest BCUT2D eigenvalue weighted by molar-refractivity contribution is 6.21. The molecule has 0 aliphatic carbocycles. The Morgan fingerprint density at radius 2 is 1.02 bits per heavy atom. The van der Waals surface area contributed by atoms with Crippen molar-refractivity contribution in [2.24, 2.45) is 0 Å². The van der Waals surface area contributed by atoms with Crippen LogP contribution in [0, 0.1) is 0 Å². The van der Waals surface area contributed by atoms with Gasteiger partial charge in [-0.3, -0.25) is 0 Å². The van der Waals surface area contributed by atoms with Crippen LogP contribution in [-0.4, -0.2) is 0 Å². The summed E-state index contributed by atoms with van der Waals surface area (Å²) >= 11 is 0. The van der Waals surface area contributed by atoms with Gasteiger partial charge < -0.3 is 9.32 Å². The maximum Gasteiger partial charge on any atom is 0.143 e. The Bertz CT molecular complexity index is 2180. The number of fused-ring (bicyclic) bond motifs is 5. The molecule has 8 aromatic rings. The van der Waals surface area contributed by atoms with E-state index in [1.165, 1.54) is 21.9 Å².